The molecule has 0 saturated carbocycles. The van der Waals surface area contributed by atoms with Gasteiger partial charge in [0.05, 0.1) is 23.9 Å². The van der Waals surface area contributed by atoms with Gasteiger partial charge in [-0.3, -0.25) is 18.6 Å². The molecule has 0 fully saturated rings. The second kappa shape index (κ2) is 9.34. The molecule has 1 aliphatic heterocycles. The van der Waals surface area contributed by atoms with Gasteiger partial charge in [-0.25, -0.2) is 8.42 Å². The molecular formula is C23H27N5O5S. The summed E-state index contributed by atoms with van der Waals surface area (Å²) >= 11 is 0. The SMILES string of the molecule is Cc1cc(C)n(C(CNC(=O)C(=O)Nc2ccc3c(c2)N(S(C)(=O)=O)CCC3)c2ccco2)n1. The highest BCUT2D eigenvalue weighted by atomic mass is 32.2. The first-order chi connectivity index (χ1) is 16.1. The van der Waals surface area contributed by atoms with E-state index in [2.05, 4.69) is 15.7 Å². The minimum atomic E-state index is -3.44. The Morgan fingerprint density at radius 2 is 1.97 bits per heavy atom. The van der Waals surface area contributed by atoms with Crippen LogP contribution in [0.5, 0.6) is 0 Å². The van der Waals surface area contributed by atoms with E-state index < -0.39 is 27.9 Å². The number of hydrogen-bond donors (Lipinski definition) is 2. The van der Waals surface area contributed by atoms with E-state index in [0.717, 1.165) is 36.0 Å². The molecule has 0 bridgehead atoms. The number of carbonyl (C=O) groups is 2. The van der Waals surface area contributed by atoms with Gasteiger partial charge in [-0.15, -0.1) is 0 Å². The lowest BCUT2D eigenvalue weighted by atomic mass is 10.0. The molecule has 11 heteroatoms. The standard InChI is InChI=1S/C23H27N5O5S/c1-15-12-16(2)28(26-15)20(21-7-5-11-33-21)14-24-22(29)23(30)25-18-9-8-17-6-4-10-27(19(17)13-18)34(3,31)32/h5,7-9,11-13,20H,4,6,10,14H2,1-3H3,(H,24,29)(H,25,30). The maximum atomic E-state index is 12.6. The maximum Gasteiger partial charge on any atom is 0.313 e. The average molecular weight is 486 g/mol. The van der Waals surface area contributed by atoms with Crippen LogP contribution < -0.4 is 14.9 Å². The molecule has 1 unspecified atom stereocenters. The second-order valence-electron chi connectivity index (χ2n) is 8.35. The van der Waals surface area contributed by atoms with Gasteiger partial charge >= 0.3 is 11.8 Å². The van der Waals surface area contributed by atoms with Crippen molar-refractivity contribution < 1.29 is 22.4 Å². The van der Waals surface area contributed by atoms with E-state index in [1.165, 1.54) is 4.31 Å². The lowest BCUT2D eigenvalue weighted by Crippen LogP contribution is -2.39. The van der Waals surface area contributed by atoms with Gasteiger partial charge in [-0.2, -0.15) is 5.10 Å². The summed E-state index contributed by atoms with van der Waals surface area (Å²) in [5.41, 5.74) is 3.46. The summed E-state index contributed by atoms with van der Waals surface area (Å²) in [6.45, 7) is 4.25. The van der Waals surface area contributed by atoms with Crippen LogP contribution in [0.15, 0.2) is 47.1 Å². The van der Waals surface area contributed by atoms with Crippen molar-refractivity contribution in [3.63, 3.8) is 0 Å². The number of nitrogens with zero attached hydrogens (tertiary/aromatic N) is 3. The van der Waals surface area contributed by atoms with Crippen LogP contribution in [-0.4, -0.2) is 49.4 Å². The summed E-state index contributed by atoms with van der Waals surface area (Å²) in [6, 6.07) is 10.1. The Labute approximate surface area is 198 Å². The molecule has 34 heavy (non-hydrogen) atoms. The van der Waals surface area contributed by atoms with E-state index in [9.17, 15) is 18.0 Å². The first-order valence-electron chi connectivity index (χ1n) is 10.9. The minimum Gasteiger partial charge on any atom is -0.467 e. The molecule has 2 amide bonds. The minimum absolute atomic E-state index is 0.0910. The Morgan fingerprint density at radius 3 is 2.62 bits per heavy atom. The molecule has 180 valence electrons. The third kappa shape index (κ3) is 4.98. The number of nitrogens with one attached hydrogen (secondary N) is 2. The normalized spacial score (nSPS) is 14.4. The van der Waals surface area contributed by atoms with Crippen molar-refractivity contribution in [1.29, 1.82) is 0 Å². The van der Waals surface area contributed by atoms with Crippen molar-refractivity contribution in [1.82, 2.24) is 15.1 Å². The number of benzene rings is 1. The molecule has 1 aliphatic rings. The zero-order chi connectivity index (χ0) is 24.5. The van der Waals surface area contributed by atoms with Gasteiger partial charge in [0, 0.05) is 24.5 Å². The predicted molar refractivity (Wildman–Crippen MR) is 127 cm³/mol. The van der Waals surface area contributed by atoms with Gasteiger partial charge in [0.2, 0.25) is 10.0 Å². The van der Waals surface area contributed by atoms with Crippen molar-refractivity contribution in [2.45, 2.75) is 32.7 Å². The number of sulfonamides is 1. The summed E-state index contributed by atoms with van der Waals surface area (Å²) in [5.74, 6) is -1.08. The van der Waals surface area contributed by atoms with Gasteiger partial charge in [0.25, 0.3) is 0 Å². The molecule has 0 radical (unpaired) electrons. The number of furan rings is 1. The Kier molecular flexibility index (Phi) is 6.47. The largest absolute Gasteiger partial charge is 0.467 e. The number of aromatic nitrogens is 2. The summed E-state index contributed by atoms with van der Waals surface area (Å²) < 4.78 is 32.9. The van der Waals surface area contributed by atoms with E-state index >= 15 is 0 Å². The summed E-state index contributed by atoms with van der Waals surface area (Å²) in [5, 5.41) is 9.68. The third-order valence-electron chi connectivity index (χ3n) is 5.69. The van der Waals surface area contributed by atoms with Crippen LogP contribution in [0.2, 0.25) is 0 Å². The predicted octanol–water partition coefficient (Wildman–Crippen LogP) is 2.15. The molecule has 2 N–H and O–H groups in total. The number of carbonyl (C=O) groups excluding carboxylic acids is 2. The number of aryl methyl sites for hydroxylation is 3. The van der Waals surface area contributed by atoms with Crippen LogP contribution in [0.4, 0.5) is 11.4 Å². The molecule has 2 aromatic heterocycles. The molecule has 3 heterocycles. The van der Waals surface area contributed by atoms with E-state index in [1.54, 1.807) is 41.3 Å². The van der Waals surface area contributed by atoms with Crippen molar-refractivity contribution >= 4 is 33.2 Å². The van der Waals surface area contributed by atoms with E-state index in [1.807, 2.05) is 19.9 Å². The molecule has 3 aromatic rings. The van der Waals surface area contributed by atoms with Crippen LogP contribution in [0.3, 0.4) is 0 Å². The topological polar surface area (TPSA) is 127 Å². The first kappa shape index (κ1) is 23.6. The van der Waals surface area contributed by atoms with Crippen LogP contribution in [0.25, 0.3) is 0 Å². The molecule has 1 atom stereocenters. The summed E-state index contributed by atoms with van der Waals surface area (Å²) in [6.07, 6.45) is 4.16. The zero-order valence-corrected chi connectivity index (χ0v) is 20.1. The van der Waals surface area contributed by atoms with Gasteiger partial charge in [-0.1, -0.05) is 6.07 Å². The van der Waals surface area contributed by atoms with Crippen molar-refractivity contribution in [3.8, 4) is 0 Å². The van der Waals surface area contributed by atoms with Crippen molar-refractivity contribution in [3.05, 3.63) is 65.4 Å². The average Bonchev–Trinajstić information content (AvgIpc) is 3.42. The monoisotopic (exact) mass is 485 g/mol. The molecule has 0 aliphatic carbocycles. The molecule has 4 rings (SSSR count). The first-order valence-corrected chi connectivity index (χ1v) is 12.7. The van der Waals surface area contributed by atoms with Crippen molar-refractivity contribution in [2.75, 3.05) is 29.0 Å². The molecule has 10 nitrogen and oxygen atoms in total. The van der Waals surface area contributed by atoms with Crippen LogP contribution >= 0.6 is 0 Å². The molecule has 0 saturated heterocycles. The van der Waals surface area contributed by atoms with Crippen LogP contribution in [0, 0.1) is 13.8 Å². The Hall–Kier alpha value is -3.60. The van der Waals surface area contributed by atoms with Gasteiger partial charge in [-0.05, 0) is 62.6 Å². The number of hydrogen-bond acceptors (Lipinski definition) is 6. The zero-order valence-electron chi connectivity index (χ0n) is 19.2. The summed E-state index contributed by atoms with van der Waals surface area (Å²) in [4.78, 5) is 25.1. The number of fused-ring (bicyclic) bond motifs is 1. The van der Waals surface area contributed by atoms with E-state index in [-0.39, 0.29) is 6.54 Å². The summed E-state index contributed by atoms with van der Waals surface area (Å²) in [7, 11) is -3.44. The quantitative estimate of drug-likeness (QED) is 0.515. The Morgan fingerprint density at radius 1 is 1.18 bits per heavy atom. The lowest BCUT2D eigenvalue weighted by Gasteiger charge is -2.29. The Bertz CT molecular complexity index is 1310. The highest BCUT2D eigenvalue weighted by molar-refractivity contribution is 7.92. The van der Waals surface area contributed by atoms with Crippen LogP contribution in [0.1, 0.15) is 35.2 Å². The lowest BCUT2D eigenvalue weighted by molar-refractivity contribution is -0.136. The highest BCUT2D eigenvalue weighted by Gasteiger charge is 2.26. The third-order valence-corrected chi connectivity index (χ3v) is 6.87. The highest BCUT2D eigenvalue weighted by Crippen LogP contribution is 2.31. The van der Waals surface area contributed by atoms with E-state index in [0.29, 0.717) is 23.7 Å². The van der Waals surface area contributed by atoms with Gasteiger partial charge in [0.15, 0.2) is 0 Å². The fourth-order valence-corrected chi connectivity index (χ4v) is 5.16. The van der Waals surface area contributed by atoms with E-state index in [4.69, 9.17) is 4.42 Å². The Balaban J connectivity index is 1.46. The molecular weight excluding hydrogens is 458 g/mol. The second-order valence-corrected chi connectivity index (χ2v) is 10.3. The molecule has 1 aromatic carbocycles. The van der Waals surface area contributed by atoms with Gasteiger partial charge < -0.3 is 15.1 Å². The fraction of sp³-hybridized carbons (Fsp3) is 0.348. The maximum absolute atomic E-state index is 12.6. The molecule has 0 spiro atoms. The van der Waals surface area contributed by atoms with Gasteiger partial charge in [0.1, 0.15) is 11.8 Å². The fourth-order valence-electron chi connectivity index (χ4n) is 4.17. The van der Waals surface area contributed by atoms with Crippen LogP contribution in [-0.2, 0) is 26.0 Å². The number of rotatable bonds is 6. The smallest absolute Gasteiger partial charge is 0.313 e. The number of amides is 2. The van der Waals surface area contributed by atoms with Crippen molar-refractivity contribution in [2.24, 2.45) is 0 Å². The number of anilines is 2.